The van der Waals surface area contributed by atoms with Gasteiger partial charge in [-0.2, -0.15) is 0 Å². The van der Waals surface area contributed by atoms with Crippen LogP contribution < -0.4 is 0 Å². The van der Waals surface area contributed by atoms with Gasteiger partial charge in [-0.15, -0.1) is 0 Å². The molecule has 3 aliphatic rings. The van der Waals surface area contributed by atoms with E-state index in [1.165, 1.54) is 43.5 Å². The number of fused-ring (bicyclic) bond motifs is 2. The number of benzene rings is 2. The van der Waals surface area contributed by atoms with Gasteiger partial charge in [-0.05, 0) is 66.8 Å². The van der Waals surface area contributed by atoms with Gasteiger partial charge >= 0.3 is 0 Å². The van der Waals surface area contributed by atoms with Crippen molar-refractivity contribution in [2.75, 3.05) is 6.54 Å². The van der Waals surface area contributed by atoms with E-state index in [2.05, 4.69) is 28.1 Å². The number of hydrogen-bond acceptors (Lipinski definition) is 2. The lowest BCUT2D eigenvalue weighted by Crippen LogP contribution is -2.42. The highest BCUT2D eigenvalue weighted by molar-refractivity contribution is 6.33. The summed E-state index contributed by atoms with van der Waals surface area (Å²) in [5, 5.41) is 0.756. The van der Waals surface area contributed by atoms with Crippen molar-refractivity contribution in [3.8, 4) is 11.4 Å². The monoisotopic (exact) mass is 403 g/mol. The second kappa shape index (κ2) is 7.00. The molecule has 148 valence electrons. The summed E-state index contributed by atoms with van der Waals surface area (Å²) in [5.74, 6) is 1.75. The third kappa shape index (κ3) is 3.21. The van der Waals surface area contributed by atoms with E-state index in [0.29, 0.717) is 6.04 Å². The zero-order chi connectivity index (χ0) is 19.4. The quantitative estimate of drug-likeness (QED) is 0.624. The van der Waals surface area contributed by atoms with E-state index in [1.807, 2.05) is 24.3 Å². The normalized spacial score (nSPS) is 21.6. The fourth-order valence-corrected chi connectivity index (χ4v) is 5.52. The van der Waals surface area contributed by atoms with Crippen molar-refractivity contribution >= 4 is 11.6 Å². The maximum atomic E-state index is 6.40. The number of rotatable bonds is 3. The molecule has 2 aliphatic carbocycles. The van der Waals surface area contributed by atoms with E-state index in [4.69, 9.17) is 16.6 Å². The Morgan fingerprint density at radius 1 is 1.00 bits per heavy atom. The summed E-state index contributed by atoms with van der Waals surface area (Å²) in [6.45, 7) is 2.07. The lowest BCUT2D eigenvalue weighted by Gasteiger charge is -2.37. The van der Waals surface area contributed by atoms with Crippen LogP contribution in [0.1, 0.15) is 53.3 Å². The predicted octanol–water partition coefficient (Wildman–Crippen LogP) is 5.52. The number of halogens is 1. The largest absolute Gasteiger partial charge is 0.340 e. The second-order valence-electron chi connectivity index (χ2n) is 8.87. The van der Waals surface area contributed by atoms with Crippen LogP contribution in [0.3, 0.4) is 0 Å². The molecule has 0 saturated heterocycles. The fourth-order valence-electron chi connectivity index (χ4n) is 5.29. The first-order valence-corrected chi connectivity index (χ1v) is 11.3. The van der Waals surface area contributed by atoms with Gasteiger partial charge in [-0.25, -0.2) is 4.98 Å². The topological polar surface area (TPSA) is 31.9 Å². The first-order valence-electron chi connectivity index (χ1n) is 10.9. The molecule has 1 aromatic heterocycles. The van der Waals surface area contributed by atoms with Crippen LogP contribution >= 0.6 is 11.6 Å². The van der Waals surface area contributed by atoms with Crippen LogP contribution in [0.2, 0.25) is 5.02 Å². The lowest BCUT2D eigenvalue weighted by atomic mass is 9.83. The van der Waals surface area contributed by atoms with Gasteiger partial charge in [0.1, 0.15) is 5.82 Å². The summed E-state index contributed by atoms with van der Waals surface area (Å²) >= 11 is 6.40. The van der Waals surface area contributed by atoms with Crippen LogP contribution in [0.5, 0.6) is 0 Å². The molecule has 1 aliphatic heterocycles. The second-order valence-corrected chi connectivity index (χ2v) is 9.27. The van der Waals surface area contributed by atoms with Crippen molar-refractivity contribution in [2.24, 2.45) is 0 Å². The first-order chi connectivity index (χ1) is 14.3. The average Bonchev–Trinajstić information content (AvgIpc) is 3.51. The number of nitrogens with zero attached hydrogens (tertiary/aromatic N) is 2. The highest BCUT2D eigenvalue weighted by Crippen LogP contribution is 2.44. The van der Waals surface area contributed by atoms with Gasteiger partial charge in [-0.1, -0.05) is 41.9 Å². The number of aromatic nitrogens is 2. The zero-order valence-corrected chi connectivity index (χ0v) is 17.4. The molecule has 0 amide bonds. The van der Waals surface area contributed by atoms with Gasteiger partial charge in [0.05, 0.1) is 16.4 Å². The average molecular weight is 404 g/mol. The highest BCUT2D eigenvalue weighted by Gasteiger charge is 2.33. The fraction of sp³-hybridized carbons (Fsp3) is 0.400. The van der Waals surface area contributed by atoms with Crippen LogP contribution in [0, 0.1) is 0 Å². The maximum Gasteiger partial charge on any atom is 0.139 e. The molecular weight excluding hydrogens is 378 g/mol. The standard InChI is InChI=1S/C25H26ClN3/c26-22-7-2-1-5-20(22)25-27-23-12-13-29(15-24(23)28-25)18-11-10-16-4-3-6-19(17-8-9-17)21(16)14-18/h1-7,17-18H,8-15H2,(H,27,28). The Morgan fingerprint density at radius 2 is 1.90 bits per heavy atom. The van der Waals surface area contributed by atoms with Crippen LogP contribution in [0.4, 0.5) is 0 Å². The van der Waals surface area contributed by atoms with E-state index in [0.717, 1.165) is 41.8 Å². The summed E-state index contributed by atoms with van der Waals surface area (Å²) in [4.78, 5) is 11.1. The summed E-state index contributed by atoms with van der Waals surface area (Å²) in [6, 6.07) is 15.6. The van der Waals surface area contributed by atoms with Crippen molar-refractivity contribution in [1.82, 2.24) is 14.9 Å². The van der Waals surface area contributed by atoms with E-state index >= 15 is 0 Å². The van der Waals surface area contributed by atoms with Gasteiger partial charge in [0, 0.05) is 31.1 Å². The molecule has 1 fully saturated rings. The number of aryl methyl sites for hydroxylation is 1. The summed E-state index contributed by atoms with van der Waals surface area (Å²) in [7, 11) is 0. The minimum absolute atomic E-state index is 0.641. The molecule has 2 aromatic carbocycles. The molecule has 0 radical (unpaired) electrons. The van der Waals surface area contributed by atoms with Gasteiger partial charge in [-0.3, -0.25) is 4.90 Å². The van der Waals surface area contributed by atoms with Crippen LogP contribution in [0.25, 0.3) is 11.4 Å². The predicted molar refractivity (Wildman–Crippen MR) is 117 cm³/mol. The highest BCUT2D eigenvalue weighted by atomic mass is 35.5. The Morgan fingerprint density at radius 3 is 2.76 bits per heavy atom. The van der Waals surface area contributed by atoms with Crippen molar-refractivity contribution in [1.29, 1.82) is 0 Å². The third-order valence-electron chi connectivity index (χ3n) is 7.02. The molecule has 0 bridgehead atoms. The maximum absolute atomic E-state index is 6.40. The minimum Gasteiger partial charge on any atom is -0.340 e. The summed E-state index contributed by atoms with van der Waals surface area (Å²) in [5.41, 5.74) is 8.39. The van der Waals surface area contributed by atoms with Crippen molar-refractivity contribution < 1.29 is 0 Å². The summed E-state index contributed by atoms with van der Waals surface area (Å²) < 4.78 is 0. The molecule has 2 heterocycles. The summed E-state index contributed by atoms with van der Waals surface area (Å²) in [6.07, 6.45) is 7.48. The Labute approximate surface area is 177 Å². The Hall–Kier alpha value is -2.10. The van der Waals surface area contributed by atoms with Crippen LogP contribution in [-0.4, -0.2) is 27.5 Å². The Kier molecular flexibility index (Phi) is 4.28. The lowest BCUT2D eigenvalue weighted by molar-refractivity contribution is 0.160. The molecule has 6 rings (SSSR count). The molecule has 1 saturated carbocycles. The van der Waals surface area contributed by atoms with Crippen molar-refractivity contribution in [3.05, 3.63) is 75.6 Å². The van der Waals surface area contributed by atoms with Crippen LogP contribution in [0.15, 0.2) is 42.5 Å². The van der Waals surface area contributed by atoms with E-state index in [9.17, 15) is 0 Å². The third-order valence-corrected chi connectivity index (χ3v) is 7.35. The van der Waals surface area contributed by atoms with E-state index in [1.54, 1.807) is 16.7 Å². The molecule has 1 N–H and O–H groups in total. The SMILES string of the molecule is Clc1ccccc1-c1nc2c([nH]1)CN(C1CCc3cccc(C4CC4)c3C1)CC2. The number of hydrogen-bond donors (Lipinski definition) is 1. The smallest absolute Gasteiger partial charge is 0.139 e. The number of H-pyrrole nitrogens is 1. The first kappa shape index (κ1) is 17.7. The minimum atomic E-state index is 0.641. The number of aromatic amines is 1. The van der Waals surface area contributed by atoms with Gasteiger partial charge < -0.3 is 4.98 Å². The Bertz CT molecular complexity index is 1070. The molecule has 3 nitrogen and oxygen atoms in total. The van der Waals surface area contributed by atoms with Crippen LogP contribution in [-0.2, 0) is 25.8 Å². The van der Waals surface area contributed by atoms with Gasteiger partial charge in [0.2, 0.25) is 0 Å². The molecule has 0 spiro atoms. The van der Waals surface area contributed by atoms with Crippen molar-refractivity contribution in [3.63, 3.8) is 0 Å². The molecule has 4 heteroatoms. The van der Waals surface area contributed by atoms with E-state index < -0.39 is 0 Å². The molecule has 1 atom stereocenters. The molecular formula is C25H26ClN3. The van der Waals surface area contributed by atoms with Gasteiger partial charge in [0.25, 0.3) is 0 Å². The number of nitrogens with one attached hydrogen (secondary N) is 1. The van der Waals surface area contributed by atoms with Gasteiger partial charge in [0.15, 0.2) is 0 Å². The zero-order valence-electron chi connectivity index (χ0n) is 16.6. The number of imidazole rings is 1. The molecule has 1 unspecified atom stereocenters. The molecule has 3 aromatic rings. The molecule has 29 heavy (non-hydrogen) atoms. The van der Waals surface area contributed by atoms with Crippen molar-refractivity contribution in [2.45, 2.75) is 57.0 Å². The van der Waals surface area contributed by atoms with E-state index in [-0.39, 0.29) is 0 Å². The Balaban J connectivity index is 1.24.